The Bertz CT molecular complexity index is 263. The van der Waals surface area contributed by atoms with Crippen molar-refractivity contribution >= 4 is 0 Å². The van der Waals surface area contributed by atoms with Crippen LogP contribution in [0.25, 0.3) is 0 Å². The molecule has 0 saturated heterocycles. The van der Waals surface area contributed by atoms with Gasteiger partial charge >= 0.3 is 0 Å². The van der Waals surface area contributed by atoms with E-state index < -0.39 is 0 Å². The SMILES string of the molecule is COc1ccc(F)cc1CCN. The maximum atomic E-state index is 12.7. The van der Waals surface area contributed by atoms with Crippen LogP contribution in [-0.2, 0) is 6.42 Å². The van der Waals surface area contributed by atoms with Crippen molar-refractivity contribution in [2.24, 2.45) is 5.73 Å². The molecule has 0 fully saturated rings. The fourth-order valence-corrected chi connectivity index (χ4v) is 1.10. The highest BCUT2D eigenvalue weighted by Gasteiger charge is 2.02. The largest absolute Gasteiger partial charge is 0.496 e. The van der Waals surface area contributed by atoms with Crippen LogP contribution < -0.4 is 10.5 Å². The first-order chi connectivity index (χ1) is 5.77. The molecular formula is C9H12FNO. The Morgan fingerprint density at radius 1 is 1.50 bits per heavy atom. The van der Waals surface area contributed by atoms with Crippen LogP contribution in [0.2, 0.25) is 0 Å². The third kappa shape index (κ3) is 1.95. The van der Waals surface area contributed by atoms with Gasteiger partial charge in [0.05, 0.1) is 7.11 Å². The highest BCUT2D eigenvalue weighted by molar-refractivity contribution is 5.34. The Kier molecular flexibility index (Phi) is 3.05. The second-order valence-electron chi connectivity index (χ2n) is 2.49. The van der Waals surface area contributed by atoms with Gasteiger partial charge in [0.15, 0.2) is 0 Å². The molecule has 2 N–H and O–H groups in total. The molecule has 2 nitrogen and oxygen atoms in total. The lowest BCUT2D eigenvalue weighted by atomic mass is 10.1. The van der Waals surface area contributed by atoms with Crippen molar-refractivity contribution in [1.82, 2.24) is 0 Å². The number of ether oxygens (including phenoxy) is 1. The molecule has 0 aliphatic rings. The minimum Gasteiger partial charge on any atom is -0.496 e. The van der Waals surface area contributed by atoms with E-state index in [1.54, 1.807) is 13.2 Å². The molecule has 0 amide bonds. The summed E-state index contributed by atoms with van der Waals surface area (Å²) < 4.78 is 17.7. The van der Waals surface area contributed by atoms with Crippen molar-refractivity contribution in [1.29, 1.82) is 0 Å². The van der Waals surface area contributed by atoms with Gasteiger partial charge in [-0.15, -0.1) is 0 Å². The number of hydrogen-bond acceptors (Lipinski definition) is 2. The Labute approximate surface area is 71.1 Å². The van der Waals surface area contributed by atoms with Crippen molar-refractivity contribution in [2.75, 3.05) is 13.7 Å². The monoisotopic (exact) mass is 169 g/mol. The Hall–Kier alpha value is -1.09. The molecule has 0 saturated carbocycles. The fraction of sp³-hybridized carbons (Fsp3) is 0.333. The summed E-state index contributed by atoms with van der Waals surface area (Å²) in [4.78, 5) is 0. The molecule has 0 heterocycles. The van der Waals surface area contributed by atoms with Gasteiger partial charge in [0, 0.05) is 0 Å². The van der Waals surface area contributed by atoms with Gasteiger partial charge in [0.25, 0.3) is 0 Å². The third-order valence-corrected chi connectivity index (χ3v) is 1.66. The number of rotatable bonds is 3. The lowest BCUT2D eigenvalue weighted by Crippen LogP contribution is -2.04. The zero-order valence-corrected chi connectivity index (χ0v) is 7.01. The van der Waals surface area contributed by atoms with Crippen LogP contribution >= 0.6 is 0 Å². The van der Waals surface area contributed by atoms with Gasteiger partial charge in [-0.05, 0) is 36.7 Å². The average Bonchev–Trinajstić information content (AvgIpc) is 2.05. The molecule has 12 heavy (non-hydrogen) atoms. The summed E-state index contributed by atoms with van der Waals surface area (Å²) in [5, 5.41) is 0. The third-order valence-electron chi connectivity index (χ3n) is 1.66. The molecule has 66 valence electrons. The molecule has 0 radical (unpaired) electrons. The quantitative estimate of drug-likeness (QED) is 0.741. The summed E-state index contributed by atoms with van der Waals surface area (Å²) in [7, 11) is 1.56. The molecule has 1 rings (SSSR count). The van der Waals surface area contributed by atoms with E-state index in [-0.39, 0.29) is 5.82 Å². The Balaban J connectivity index is 2.95. The van der Waals surface area contributed by atoms with E-state index in [0.29, 0.717) is 18.7 Å². The summed E-state index contributed by atoms with van der Waals surface area (Å²) >= 11 is 0. The highest BCUT2D eigenvalue weighted by atomic mass is 19.1. The average molecular weight is 169 g/mol. The second kappa shape index (κ2) is 4.07. The van der Waals surface area contributed by atoms with Gasteiger partial charge in [-0.1, -0.05) is 0 Å². The molecule has 0 bridgehead atoms. The second-order valence-corrected chi connectivity index (χ2v) is 2.49. The zero-order valence-electron chi connectivity index (χ0n) is 7.01. The Morgan fingerprint density at radius 3 is 2.83 bits per heavy atom. The topological polar surface area (TPSA) is 35.2 Å². The molecule has 0 aliphatic heterocycles. The Morgan fingerprint density at radius 2 is 2.25 bits per heavy atom. The molecule has 0 aromatic heterocycles. The maximum absolute atomic E-state index is 12.7. The fourth-order valence-electron chi connectivity index (χ4n) is 1.10. The first kappa shape index (κ1) is 9.00. The van der Waals surface area contributed by atoms with Crippen molar-refractivity contribution < 1.29 is 9.13 Å². The van der Waals surface area contributed by atoms with E-state index in [9.17, 15) is 4.39 Å². The minimum atomic E-state index is -0.251. The lowest BCUT2D eigenvalue weighted by molar-refractivity contribution is 0.408. The lowest BCUT2D eigenvalue weighted by Gasteiger charge is -2.06. The predicted octanol–water partition coefficient (Wildman–Crippen LogP) is 1.34. The molecule has 0 unspecified atom stereocenters. The molecule has 0 atom stereocenters. The summed E-state index contributed by atoms with van der Waals surface area (Å²) in [5.41, 5.74) is 6.18. The van der Waals surface area contributed by atoms with Gasteiger partial charge < -0.3 is 10.5 Å². The van der Waals surface area contributed by atoms with Gasteiger partial charge in [-0.3, -0.25) is 0 Å². The van der Waals surface area contributed by atoms with Crippen LogP contribution in [0.5, 0.6) is 5.75 Å². The summed E-state index contributed by atoms with van der Waals surface area (Å²) in [6.07, 6.45) is 0.640. The van der Waals surface area contributed by atoms with E-state index in [1.807, 2.05) is 0 Å². The number of hydrogen-bond donors (Lipinski definition) is 1. The number of methoxy groups -OCH3 is 1. The molecular weight excluding hydrogens is 157 g/mol. The molecule has 3 heteroatoms. The zero-order chi connectivity index (χ0) is 8.97. The molecule has 0 aliphatic carbocycles. The van der Waals surface area contributed by atoms with Crippen LogP contribution in [0.15, 0.2) is 18.2 Å². The van der Waals surface area contributed by atoms with Crippen molar-refractivity contribution in [2.45, 2.75) is 6.42 Å². The number of halogens is 1. The standard InChI is InChI=1S/C9H12FNO/c1-12-9-3-2-8(10)6-7(9)4-5-11/h2-3,6H,4-5,11H2,1H3. The first-order valence-electron chi connectivity index (χ1n) is 3.80. The molecule has 1 aromatic carbocycles. The van der Waals surface area contributed by atoms with Crippen LogP contribution in [0, 0.1) is 5.82 Å². The van der Waals surface area contributed by atoms with Gasteiger partial charge in [0.2, 0.25) is 0 Å². The van der Waals surface area contributed by atoms with Crippen LogP contribution in [0.1, 0.15) is 5.56 Å². The summed E-state index contributed by atoms with van der Waals surface area (Å²) in [5.74, 6) is 0.445. The first-order valence-corrected chi connectivity index (χ1v) is 3.80. The number of nitrogens with two attached hydrogens (primary N) is 1. The van der Waals surface area contributed by atoms with Crippen molar-refractivity contribution in [3.8, 4) is 5.75 Å². The van der Waals surface area contributed by atoms with Crippen LogP contribution in [0.4, 0.5) is 4.39 Å². The van der Waals surface area contributed by atoms with E-state index >= 15 is 0 Å². The van der Waals surface area contributed by atoms with Gasteiger partial charge in [0.1, 0.15) is 11.6 Å². The normalized spacial score (nSPS) is 9.92. The highest BCUT2D eigenvalue weighted by Crippen LogP contribution is 2.19. The summed E-state index contributed by atoms with van der Waals surface area (Å²) in [6.45, 7) is 0.500. The maximum Gasteiger partial charge on any atom is 0.123 e. The smallest absolute Gasteiger partial charge is 0.123 e. The van der Waals surface area contributed by atoms with Gasteiger partial charge in [-0.25, -0.2) is 4.39 Å². The summed E-state index contributed by atoms with van der Waals surface area (Å²) in [6, 6.07) is 4.44. The van der Waals surface area contributed by atoms with E-state index in [4.69, 9.17) is 10.5 Å². The van der Waals surface area contributed by atoms with E-state index in [1.165, 1.54) is 12.1 Å². The van der Waals surface area contributed by atoms with Crippen LogP contribution in [-0.4, -0.2) is 13.7 Å². The van der Waals surface area contributed by atoms with Crippen LogP contribution in [0.3, 0.4) is 0 Å². The minimum absolute atomic E-state index is 0.251. The van der Waals surface area contributed by atoms with Crippen molar-refractivity contribution in [3.05, 3.63) is 29.6 Å². The molecule has 0 spiro atoms. The van der Waals surface area contributed by atoms with Gasteiger partial charge in [-0.2, -0.15) is 0 Å². The number of benzene rings is 1. The van der Waals surface area contributed by atoms with Crippen molar-refractivity contribution in [3.63, 3.8) is 0 Å². The molecule has 1 aromatic rings. The van der Waals surface area contributed by atoms with E-state index in [0.717, 1.165) is 5.56 Å². The van der Waals surface area contributed by atoms with E-state index in [2.05, 4.69) is 0 Å². The predicted molar refractivity (Wildman–Crippen MR) is 45.7 cm³/mol.